The first-order chi connectivity index (χ1) is 13.1. The fourth-order valence-corrected chi connectivity index (χ4v) is 3.35. The number of nitrogens with zero attached hydrogens (tertiary/aromatic N) is 1. The third-order valence-corrected chi connectivity index (χ3v) is 4.90. The van der Waals surface area contributed by atoms with Gasteiger partial charge in [0.2, 0.25) is 34.8 Å². The molecule has 0 bridgehead atoms. The number of amides is 1. The Morgan fingerprint density at radius 2 is 1.75 bits per heavy atom. The summed E-state index contributed by atoms with van der Waals surface area (Å²) in [5.41, 5.74) is -0.284. The summed E-state index contributed by atoms with van der Waals surface area (Å²) in [7, 11) is -3.93. The van der Waals surface area contributed by atoms with Gasteiger partial charge < -0.3 is 19.6 Å². The highest BCUT2D eigenvalue weighted by Crippen LogP contribution is 2.44. The smallest absolute Gasteiger partial charge is 0.395 e. The van der Waals surface area contributed by atoms with Crippen LogP contribution in [0.5, 0.6) is 5.75 Å². The molecule has 28 heavy (non-hydrogen) atoms. The second-order valence-corrected chi connectivity index (χ2v) is 7.61. The Morgan fingerprint density at radius 3 is 2.25 bits per heavy atom. The average molecular weight is 444 g/mol. The van der Waals surface area contributed by atoms with E-state index in [0.29, 0.717) is 4.88 Å². The van der Waals surface area contributed by atoms with Crippen molar-refractivity contribution >= 4 is 30.6 Å². The first-order valence-corrected chi connectivity index (χ1v) is 9.69. The lowest BCUT2D eigenvalue weighted by Crippen LogP contribution is -2.32. The number of hydrogen-bond acceptors (Lipinski definition) is 6. The zero-order chi connectivity index (χ0) is 21.1. The Hall–Kier alpha value is -2.50. The molecule has 2 N–H and O–H groups in total. The van der Waals surface area contributed by atoms with Gasteiger partial charge in [0.05, 0.1) is 4.88 Å². The van der Waals surface area contributed by atoms with Crippen LogP contribution in [0.15, 0.2) is 22.7 Å². The van der Waals surface area contributed by atoms with Crippen molar-refractivity contribution in [2.45, 2.75) is 0 Å². The molecule has 0 fully saturated rings. The van der Waals surface area contributed by atoms with Crippen molar-refractivity contribution in [1.29, 1.82) is 0 Å². The number of carbonyl (C=O) groups excluding carboxylic acids is 1. The topological polar surface area (TPSA) is 97.2 Å². The molecule has 1 unspecified atom stereocenters. The van der Waals surface area contributed by atoms with Gasteiger partial charge >= 0.3 is 7.60 Å². The molecule has 2 aromatic rings. The zero-order valence-corrected chi connectivity index (χ0v) is 15.4. The predicted molar refractivity (Wildman–Crippen MR) is 87.6 cm³/mol. The van der Waals surface area contributed by atoms with Crippen LogP contribution >= 0.6 is 18.9 Å². The van der Waals surface area contributed by atoms with Crippen LogP contribution in [0.25, 0.3) is 0 Å². The van der Waals surface area contributed by atoms with Gasteiger partial charge in [-0.1, -0.05) is 11.2 Å². The highest BCUT2D eigenvalue weighted by atomic mass is 32.1. The number of oxime groups is 1. The molecule has 1 amide bonds. The molecular weight excluding hydrogens is 434 g/mol. The maximum atomic E-state index is 13.5. The molecule has 1 aromatic carbocycles. The van der Waals surface area contributed by atoms with Crippen LogP contribution in [0, 0.1) is 29.1 Å². The van der Waals surface area contributed by atoms with Crippen LogP contribution < -0.4 is 9.84 Å². The van der Waals surface area contributed by atoms with Gasteiger partial charge in [-0.2, -0.15) is 8.78 Å². The predicted octanol–water partition coefficient (Wildman–Crippen LogP) is 3.13. The normalized spacial score (nSPS) is 13.8. The Bertz CT molecular complexity index is 941. The summed E-state index contributed by atoms with van der Waals surface area (Å²) in [6.07, 6.45) is -1.22. The lowest BCUT2D eigenvalue weighted by atomic mass is 10.3. The summed E-state index contributed by atoms with van der Waals surface area (Å²) in [4.78, 5) is 26.6. The van der Waals surface area contributed by atoms with Crippen LogP contribution in [0.2, 0.25) is 0 Å². The molecule has 2 rings (SSSR count). The molecule has 7 nitrogen and oxygen atoms in total. The van der Waals surface area contributed by atoms with E-state index in [1.807, 2.05) is 5.32 Å². The van der Waals surface area contributed by atoms with Gasteiger partial charge in [0.25, 0.3) is 5.91 Å². The van der Waals surface area contributed by atoms with E-state index in [0.717, 1.165) is 18.4 Å². The maximum absolute atomic E-state index is 13.5. The second kappa shape index (κ2) is 8.67. The van der Waals surface area contributed by atoms with Gasteiger partial charge in [-0.25, -0.2) is 17.7 Å². The molecule has 1 heterocycles. The molecule has 0 saturated carbocycles. The Kier molecular flexibility index (Phi) is 6.75. The minimum Gasteiger partial charge on any atom is -0.417 e. The number of thiophene rings is 1. The third-order valence-electron chi connectivity index (χ3n) is 3.00. The van der Waals surface area contributed by atoms with E-state index >= 15 is 0 Å². The number of hydrogen-bond donors (Lipinski definition) is 2. The fourth-order valence-electron chi connectivity index (χ4n) is 1.80. The molecule has 0 aliphatic carbocycles. The molecule has 1 aromatic heterocycles. The summed E-state index contributed by atoms with van der Waals surface area (Å²) in [6, 6.07) is 3.08. The van der Waals surface area contributed by atoms with E-state index in [4.69, 9.17) is 0 Å². The van der Waals surface area contributed by atoms with E-state index in [-0.39, 0.29) is 5.71 Å². The van der Waals surface area contributed by atoms with E-state index < -0.39 is 54.6 Å². The summed E-state index contributed by atoms with van der Waals surface area (Å²) in [5, 5.41) is 6.97. The molecule has 1 atom stereocenters. The quantitative estimate of drug-likeness (QED) is 0.171. The highest BCUT2D eigenvalue weighted by Gasteiger charge is 2.33. The first-order valence-electron chi connectivity index (χ1n) is 7.05. The number of benzene rings is 1. The van der Waals surface area contributed by atoms with Gasteiger partial charge in [-0.3, -0.25) is 4.79 Å². The van der Waals surface area contributed by atoms with E-state index in [9.17, 15) is 36.2 Å². The van der Waals surface area contributed by atoms with Gasteiger partial charge in [-0.15, -0.1) is 11.3 Å². The molecule has 14 heteroatoms. The SMILES string of the molecule is CO/N=C(/C(=O)NCP(=O)(O)Oc1c(F)c(F)c(F)c(F)c1F)c1cccs1. The molecule has 0 aliphatic rings. The van der Waals surface area contributed by atoms with Gasteiger partial charge in [0.1, 0.15) is 13.4 Å². The largest absolute Gasteiger partial charge is 0.417 e. The van der Waals surface area contributed by atoms with Gasteiger partial charge in [0.15, 0.2) is 5.71 Å². The molecular formula is C14H10F5N2O5PS. The van der Waals surface area contributed by atoms with Crippen molar-refractivity contribution < 1.29 is 45.6 Å². The van der Waals surface area contributed by atoms with Crippen LogP contribution in [-0.2, 0) is 14.2 Å². The van der Waals surface area contributed by atoms with Crippen LogP contribution in [-0.4, -0.2) is 29.9 Å². The molecule has 0 radical (unpaired) electrons. The monoisotopic (exact) mass is 444 g/mol. The van der Waals surface area contributed by atoms with Crippen LogP contribution in [0.4, 0.5) is 22.0 Å². The highest BCUT2D eigenvalue weighted by molar-refractivity contribution is 7.53. The van der Waals surface area contributed by atoms with Gasteiger partial charge in [0, 0.05) is 0 Å². The maximum Gasteiger partial charge on any atom is 0.395 e. The number of halogens is 5. The van der Waals surface area contributed by atoms with Crippen molar-refractivity contribution in [3.63, 3.8) is 0 Å². The third kappa shape index (κ3) is 4.66. The molecule has 152 valence electrons. The van der Waals surface area contributed by atoms with Crippen molar-refractivity contribution in [1.82, 2.24) is 5.32 Å². The van der Waals surface area contributed by atoms with Crippen molar-refractivity contribution in [2.75, 3.05) is 13.4 Å². The average Bonchev–Trinajstić information content (AvgIpc) is 3.19. The number of rotatable bonds is 7. The summed E-state index contributed by atoms with van der Waals surface area (Å²) in [5.74, 6) is -15.0. The summed E-state index contributed by atoms with van der Waals surface area (Å²) in [6.45, 7) is 0. The minimum absolute atomic E-state index is 0.284. The van der Waals surface area contributed by atoms with E-state index in [2.05, 4.69) is 14.5 Å². The lowest BCUT2D eigenvalue weighted by molar-refractivity contribution is -0.114. The summed E-state index contributed by atoms with van der Waals surface area (Å²) < 4.78 is 82.4. The van der Waals surface area contributed by atoms with E-state index in [1.54, 1.807) is 11.4 Å². The van der Waals surface area contributed by atoms with Crippen LogP contribution in [0.1, 0.15) is 4.88 Å². The number of carbonyl (C=O) groups is 1. The Morgan fingerprint density at radius 1 is 1.18 bits per heavy atom. The van der Waals surface area contributed by atoms with Crippen molar-refractivity contribution in [3.8, 4) is 5.75 Å². The second-order valence-electron chi connectivity index (χ2n) is 4.89. The molecule has 0 spiro atoms. The molecule has 0 saturated heterocycles. The first kappa shape index (κ1) is 21.8. The van der Waals surface area contributed by atoms with Gasteiger partial charge in [-0.05, 0) is 11.4 Å². The lowest BCUT2D eigenvalue weighted by Gasteiger charge is -2.16. The minimum atomic E-state index is -5.07. The standard InChI is InChI=1S/C14H10F5N2O5PS/c1-25-21-12(6-3-2-4-28-6)14(22)20-5-27(23,24)26-13-10(18)8(16)7(15)9(17)11(13)19/h2-4H,5H2,1H3,(H,20,22)(H,23,24)/b21-12+. The number of nitrogens with one attached hydrogen (secondary N) is 1. The zero-order valence-electron chi connectivity index (χ0n) is 13.7. The van der Waals surface area contributed by atoms with Crippen molar-refractivity contribution in [2.24, 2.45) is 5.16 Å². The summed E-state index contributed by atoms with van der Waals surface area (Å²) >= 11 is 1.09. The van der Waals surface area contributed by atoms with Crippen LogP contribution in [0.3, 0.4) is 0 Å². The van der Waals surface area contributed by atoms with Crippen molar-refractivity contribution in [3.05, 3.63) is 51.5 Å². The van der Waals surface area contributed by atoms with E-state index in [1.165, 1.54) is 6.07 Å². The Labute approximate surface area is 157 Å². The Balaban J connectivity index is 2.18. The molecule has 0 aliphatic heterocycles. The fraction of sp³-hybridized carbons (Fsp3) is 0.143.